The third-order valence-corrected chi connectivity index (χ3v) is 2.76. The molecule has 22 heavy (non-hydrogen) atoms. The fourth-order valence-electron chi connectivity index (χ4n) is 1.53. The molecule has 0 radical (unpaired) electrons. The van der Waals surface area contributed by atoms with Crippen LogP contribution in [0.5, 0.6) is 0 Å². The molecular weight excluding hydrogens is 341 g/mol. The minimum atomic E-state index is 0. The van der Waals surface area contributed by atoms with Crippen LogP contribution in [-0.2, 0) is 0 Å². The third-order valence-electron chi connectivity index (χ3n) is 2.57. The van der Waals surface area contributed by atoms with Crippen LogP contribution in [0.25, 0.3) is 0 Å². The number of aromatic nitrogens is 1. The average molecular weight is 358 g/mol. The lowest BCUT2D eigenvalue weighted by Crippen LogP contribution is -2.25. The summed E-state index contributed by atoms with van der Waals surface area (Å²) in [6.45, 7) is 1.86. The van der Waals surface area contributed by atoms with Crippen LogP contribution >= 0.6 is 37.0 Å². The van der Waals surface area contributed by atoms with Gasteiger partial charge in [0.05, 0.1) is 22.8 Å². The van der Waals surface area contributed by atoms with Crippen LogP contribution in [0.4, 0.5) is 11.4 Å². The topological polar surface area (TPSA) is 75.3 Å². The maximum atomic E-state index is 5.82. The van der Waals surface area contributed by atoms with Gasteiger partial charge in [-0.15, -0.1) is 24.8 Å². The number of hydrogen-bond donors (Lipinski definition) is 3. The van der Waals surface area contributed by atoms with Crippen molar-refractivity contribution < 1.29 is 0 Å². The number of nitrogens with one attached hydrogen (secondary N) is 2. The quantitative estimate of drug-likeness (QED) is 0.340. The van der Waals surface area contributed by atoms with Gasteiger partial charge in [-0.3, -0.25) is 10.4 Å². The molecule has 5 nitrogen and oxygen atoms in total. The summed E-state index contributed by atoms with van der Waals surface area (Å²) in [5.41, 5.74) is 11.5. The molecule has 0 spiro atoms. The molecule has 0 unspecified atom stereocenters. The van der Waals surface area contributed by atoms with Crippen molar-refractivity contribution in [2.45, 2.75) is 6.92 Å². The summed E-state index contributed by atoms with van der Waals surface area (Å²) in [5, 5.41) is 7.54. The first kappa shape index (κ1) is 20.1. The lowest BCUT2D eigenvalue weighted by atomic mass is 10.3. The van der Waals surface area contributed by atoms with E-state index in [0.29, 0.717) is 10.8 Å². The summed E-state index contributed by atoms with van der Waals surface area (Å²) in [6, 6.07) is 13.0. The molecule has 0 fully saturated rings. The van der Waals surface area contributed by atoms with Crippen LogP contribution in [0.1, 0.15) is 12.6 Å². The molecule has 1 aromatic carbocycles. The Bertz CT molecular complexity index is 634. The van der Waals surface area contributed by atoms with Crippen LogP contribution in [0.15, 0.2) is 53.8 Å². The summed E-state index contributed by atoms with van der Waals surface area (Å²) in [5.74, 6) is 0. The highest BCUT2D eigenvalue weighted by molar-refractivity contribution is 7.80. The highest BCUT2D eigenvalue weighted by atomic mass is 35.5. The molecule has 118 valence electrons. The van der Waals surface area contributed by atoms with Gasteiger partial charge in [0.15, 0.2) is 5.11 Å². The van der Waals surface area contributed by atoms with Crippen molar-refractivity contribution in [3.05, 3.63) is 54.4 Å². The number of rotatable bonds is 3. The van der Waals surface area contributed by atoms with Crippen LogP contribution in [0.2, 0.25) is 0 Å². The summed E-state index contributed by atoms with van der Waals surface area (Å²) < 4.78 is 0. The van der Waals surface area contributed by atoms with Gasteiger partial charge in [-0.25, -0.2) is 0 Å². The fraction of sp³-hybridized carbons (Fsp3) is 0.0714. The highest BCUT2D eigenvalue weighted by Crippen LogP contribution is 2.16. The number of hydrazone groups is 1. The molecule has 0 atom stereocenters. The molecule has 8 heteroatoms. The van der Waals surface area contributed by atoms with Gasteiger partial charge in [0, 0.05) is 6.20 Å². The fourth-order valence-corrected chi connectivity index (χ4v) is 1.69. The van der Waals surface area contributed by atoms with E-state index in [0.717, 1.165) is 17.1 Å². The van der Waals surface area contributed by atoms with Gasteiger partial charge in [-0.1, -0.05) is 18.2 Å². The minimum absolute atomic E-state index is 0. The van der Waals surface area contributed by atoms with Crippen LogP contribution in [0.3, 0.4) is 0 Å². The molecule has 0 saturated heterocycles. The second kappa shape index (κ2) is 9.94. The number of benzene rings is 1. The van der Waals surface area contributed by atoms with Crippen LogP contribution in [0, 0.1) is 0 Å². The zero-order valence-corrected chi connectivity index (χ0v) is 14.3. The lowest BCUT2D eigenvalue weighted by Gasteiger charge is -2.09. The van der Waals surface area contributed by atoms with Gasteiger partial charge >= 0.3 is 0 Å². The van der Waals surface area contributed by atoms with Gasteiger partial charge in [0.2, 0.25) is 0 Å². The molecule has 2 aromatic rings. The van der Waals surface area contributed by atoms with Gasteiger partial charge < -0.3 is 11.1 Å². The molecule has 0 aliphatic heterocycles. The monoisotopic (exact) mass is 357 g/mol. The number of anilines is 2. The Labute approximate surface area is 147 Å². The van der Waals surface area contributed by atoms with Crippen molar-refractivity contribution in [1.82, 2.24) is 10.4 Å². The molecule has 0 aliphatic carbocycles. The van der Waals surface area contributed by atoms with Gasteiger partial charge in [0.1, 0.15) is 0 Å². The zero-order chi connectivity index (χ0) is 14.4. The predicted octanol–water partition coefficient (Wildman–Crippen LogP) is 3.22. The maximum Gasteiger partial charge on any atom is 0.191 e. The summed E-state index contributed by atoms with van der Waals surface area (Å²) >= 11 is 5.16. The first-order chi connectivity index (χ1) is 9.66. The van der Waals surface area contributed by atoms with E-state index >= 15 is 0 Å². The van der Waals surface area contributed by atoms with Crippen molar-refractivity contribution in [3.63, 3.8) is 0 Å². The number of pyridine rings is 1. The first-order valence-corrected chi connectivity index (χ1v) is 6.45. The smallest absolute Gasteiger partial charge is 0.191 e. The molecule has 0 saturated carbocycles. The molecule has 0 amide bonds. The number of nitrogen functional groups attached to an aromatic ring is 1. The number of hydrogen-bond acceptors (Lipinski definition) is 4. The van der Waals surface area contributed by atoms with Crippen molar-refractivity contribution in [2.24, 2.45) is 5.10 Å². The van der Waals surface area contributed by atoms with E-state index in [1.165, 1.54) is 0 Å². The lowest BCUT2D eigenvalue weighted by molar-refractivity contribution is 1.03. The second-order valence-electron chi connectivity index (χ2n) is 4.07. The summed E-state index contributed by atoms with van der Waals surface area (Å²) in [6.07, 6.45) is 1.72. The van der Waals surface area contributed by atoms with Gasteiger partial charge in [0.25, 0.3) is 0 Å². The molecule has 1 aromatic heterocycles. The van der Waals surface area contributed by atoms with E-state index in [9.17, 15) is 0 Å². The van der Waals surface area contributed by atoms with E-state index in [1.807, 2.05) is 43.3 Å². The maximum absolute atomic E-state index is 5.82. The van der Waals surface area contributed by atoms with Crippen LogP contribution in [-0.4, -0.2) is 15.8 Å². The summed E-state index contributed by atoms with van der Waals surface area (Å²) in [4.78, 5) is 4.20. The average Bonchev–Trinajstić information content (AvgIpc) is 2.48. The Morgan fingerprint density at radius 3 is 2.45 bits per heavy atom. The van der Waals surface area contributed by atoms with E-state index in [2.05, 4.69) is 20.8 Å². The Morgan fingerprint density at radius 1 is 1.14 bits per heavy atom. The first-order valence-electron chi connectivity index (χ1n) is 6.04. The minimum Gasteiger partial charge on any atom is -0.397 e. The van der Waals surface area contributed by atoms with E-state index in [-0.39, 0.29) is 24.8 Å². The molecule has 4 N–H and O–H groups in total. The SMILES string of the molecule is C/C(=N\NC(=S)Nc1ccccc1N)c1ccccn1.Cl.Cl. The van der Waals surface area contributed by atoms with Crippen molar-refractivity contribution in [3.8, 4) is 0 Å². The summed E-state index contributed by atoms with van der Waals surface area (Å²) in [7, 11) is 0. The predicted molar refractivity (Wildman–Crippen MR) is 101 cm³/mol. The number of nitrogens with zero attached hydrogens (tertiary/aromatic N) is 2. The van der Waals surface area contributed by atoms with Gasteiger partial charge in [-0.05, 0) is 43.4 Å². The van der Waals surface area contributed by atoms with Crippen molar-refractivity contribution in [1.29, 1.82) is 0 Å². The molecule has 0 bridgehead atoms. The standard InChI is InChI=1S/C14H15N5S.2ClH/c1-10(12-7-4-5-9-16-12)18-19-14(20)17-13-8-3-2-6-11(13)15;;/h2-9H,15H2,1H3,(H2,17,19,20);2*1H/b18-10+;;. The van der Waals surface area contributed by atoms with Crippen molar-refractivity contribution in [2.75, 3.05) is 11.1 Å². The third kappa shape index (κ3) is 5.85. The van der Waals surface area contributed by atoms with E-state index < -0.39 is 0 Å². The zero-order valence-electron chi connectivity index (χ0n) is 11.8. The molecule has 2 rings (SSSR count). The largest absolute Gasteiger partial charge is 0.397 e. The highest BCUT2D eigenvalue weighted by Gasteiger charge is 2.01. The normalized spacial score (nSPS) is 9.95. The number of para-hydroxylation sites is 2. The van der Waals surface area contributed by atoms with Gasteiger partial charge in [-0.2, -0.15) is 5.10 Å². The van der Waals surface area contributed by atoms with E-state index in [1.54, 1.807) is 12.3 Å². The number of nitrogens with two attached hydrogens (primary N) is 1. The Kier molecular flexibility index (Phi) is 9.09. The second-order valence-corrected chi connectivity index (χ2v) is 4.47. The van der Waals surface area contributed by atoms with E-state index in [4.69, 9.17) is 18.0 Å². The molecular formula is C14H17Cl2N5S. The number of thiocarbonyl (C=S) groups is 1. The Balaban J connectivity index is 0.00000220. The van der Waals surface area contributed by atoms with Crippen LogP contribution < -0.4 is 16.5 Å². The Hall–Kier alpha value is -1.89. The molecule has 1 heterocycles. The number of halogens is 2. The Morgan fingerprint density at radius 2 is 1.82 bits per heavy atom. The van der Waals surface area contributed by atoms with Crippen molar-refractivity contribution >= 4 is 59.2 Å². The molecule has 0 aliphatic rings.